The molecule has 0 saturated heterocycles. The molecule has 1 heterocycles. The number of rotatable bonds is 9. The molecule has 0 aliphatic carbocycles. The van der Waals surface area contributed by atoms with Crippen LogP contribution in [0, 0.1) is 0 Å². The van der Waals surface area contributed by atoms with E-state index in [9.17, 15) is 0 Å². The molecule has 4 rings (SSSR count). The van der Waals surface area contributed by atoms with Gasteiger partial charge in [-0.3, -0.25) is 5.32 Å². The summed E-state index contributed by atoms with van der Waals surface area (Å²) in [6.07, 6.45) is 1.85. The Morgan fingerprint density at radius 3 is 2.67 bits per heavy atom. The van der Waals surface area contributed by atoms with Crippen LogP contribution in [0.3, 0.4) is 0 Å². The van der Waals surface area contributed by atoms with Crippen molar-refractivity contribution in [1.82, 2.24) is 5.32 Å². The minimum Gasteiger partial charge on any atom is -0.490 e. The monoisotopic (exact) mass is 464 g/mol. The number of nitrogen functional groups attached to an aromatic ring is 1. The minimum absolute atomic E-state index is 0.230. The third kappa shape index (κ3) is 5.38. The number of thioether (sulfide) groups is 1. The highest BCUT2D eigenvalue weighted by atomic mass is 32.2. The summed E-state index contributed by atoms with van der Waals surface area (Å²) in [5.74, 6) is 0.855. The predicted octanol–water partition coefficient (Wildman–Crippen LogP) is 5.39. The fourth-order valence-corrected chi connectivity index (χ4v) is 4.42. The number of methoxy groups -OCH3 is 1. The van der Waals surface area contributed by atoms with Crippen molar-refractivity contribution in [3.8, 4) is 5.75 Å². The number of nitrogens with one attached hydrogen (secondary N) is 2. The van der Waals surface area contributed by atoms with Gasteiger partial charge in [-0.05, 0) is 66.8 Å². The highest BCUT2D eigenvalue weighted by Gasteiger charge is 2.22. The van der Waals surface area contributed by atoms with Gasteiger partial charge in [0.2, 0.25) is 0 Å². The van der Waals surface area contributed by atoms with E-state index in [0.29, 0.717) is 6.61 Å². The van der Waals surface area contributed by atoms with Gasteiger partial charge in [-0.1, -0.05) is 18.2 Å². The third-order valence-corrected chi connectivity index (χ3v) is 6.50. The Morgan fingerprint density at radius 2 is 1.94 bits per heavy atom. The number of fused-ring (bicyclic) bond motifs is 1. The van der Waals surface area contributed by atoms with Crippen molar-refractivity contribution in [3.63, 3.8) is 0 Å². The van der Waals surface area contributed by atoms with Gasteiger partial charge in [-0.15, -0.1) is 11.8 Å². The summed E-state index contributed by atoms with van der Waals surface area (Å²) >= 11 is 1.75. The van der Waals surface area contributed by atoms with Gasteiger partial charge in [0.1, 0.15) is 18.6 Å². The number of nitrogens with zero attached hydrogens (tertiary/aromatic N) is 1. The fourth-order valence-electron chi connectivity index (χ4n) is 4.01. The molecule has 3 aromatic rings. The van der Waals surface area contributed by atoms with Crippen molar-refractivity contribution >= 4 is 34.5 Å². The van der Waals surface area contributed by atoms with Crippen LogP contribution in [0.4, 0.5) is 22.7 Å². The zero-order chi connectivity index (χ0) is 23.2. The van der Waals surface area contributed by atoms with Crippen LogP contribution in [0.5, 0.6) is 5.75 Å². The Balaban J connectivity index is 1.52. The van der Waals surface area contributed by atoms with Gasteiger partial charge in [0.25, 0.3) is 0 Å². The number of ether oxygens (including phenoxy) is 2. The van der Waals surface area contributed by atoms with Crippen LogP contribution >= 0.6 is 11.8 Å². The van der Waals surface area contributed by atoms with Gasteiger partial charge in [-0.2, -0.15) is 0 Å². The fraction of sp³-hybridized carbons (Fsp3) is 0.308. The van der Waals surface area contributed by atoms with Crippen molar-refractivity contribution in [2.45, 2.75) is 24.6 Å². The average molecular weight is 465 g/mol. The molecule has 0 radical (unpaired) electrons. The van der Waals surface area contributed by atoms with E-state index < -0.39 is 0 Å². The molecular formula is C26H32N4O2S. The van der Waals surface area contributed by atoms with Gasteiger partial charge in [0.15, 0.2) is 0 Å². The highest BCUT2D eigenvalue weighted by Crippen LogP contribution is 2.39. The lowest BCUT2D eigenvalue weighted by atomic mass is 10.1. The highest BCUT2D eigenvalue weighted by molar-refractivity contribution is 7.98. The van der Waals surface area contributed by atoms with E-state index in [2.05, 4.69) is 83.3 Å². The van der Waals surface area contributed by atoms with Crippen LogP contribution in [-0.4, -0.2) is 33.1 Å². The van der Waals surface area contributed by atoms with E-state index in [1.807, 2.05) is 6.07 Å². The number of anilines is 4. The molecule has 0 aromatic heterocycles. The molecule has 0 fully saturated rings. The Bertz CT molecular complexity index is 1070. The molecule has 6 nitrogen and oxygen atoms in total. The van der Waals surface area contributed by atoms with Gasteiger partial charge >= 0.3 is 0 Å². The first-order valence-corrected chi connectivity index (χ1v) is 12.4. The zero-order valence-corrected chi connectivity index (χ0v) is 20.2. The van der Waals surface area contributed by atoms with E-state index >= 15 is 0 Å². The summed E-state index contributed by atoms with van der Waals surface area (Å²) in [4.78, 5) is 3.53. The molecule has 7 heteroatoms. The number of hydrogen-bond donors (Lipinski definition) is 3. The standard InChI is InChI=1S/C26H32N4O2S/c1-4-28-23-16-20(8-11-22(23)27)30-13-14-32-25-15-19(7-12-24(25)30)26(31-2)29-17-18-5-9-21(33-3)10-6-18/h5-12,15-16,26,28-29H,4,13-14,17,27H2,1-3H3. The van der Waals surface area contributed by atoms with E-state index in [1.54, 1.807) is 18.9 Å². The molecule has 3 aromatic carbocycles. The van der Waals surface area contributed by atoms with Crippen LogP contribution in [0.2, 0.25) is 0 Å². The van der Waals surface area contributed by atoms with Crippen molar-refractivity contribution in [2.24, 2.45) is 0 Å². The summed E-state index contributed by atoms with van der Waals surface area (Å²) < 4.78 is 11.8. The maximum Gasteiger partial charge on any atom is 0.143 e. The summed E-state index contributed by atoms with van der Waals surface area (Å²) in [6.45, 7) is 5.00. The SMILES string of the molecule is CCNc1cc(N2CCOc3cc(C(NCc4ccc(SC)cc4)OC)ccc32)ccc1N. The maximum absolute atomic E-state index is 6.13. The van der Waals surface area contributed by atoms with Gasteiger partial charge in [0.05, 0.1) is 23.6 Å². The van der Waals surface area contributed by atoms with E-state index in [0.717, 1.165) is 53.7 Å². The summed E-state index contributed by atoms with van der Waals surface area (Å²) in [5, 5.41) is 6.83. The summed E-state index contributed by atoms with van der Waals surface area (Å²) in [6, 6.07) is 21.0. The maximum atomic E-state index is 6.13. The molecule has 0 spiro atoms. The second kappa shape index (κ2) is 10.8. The summed E-state index contributed by atoms with van der Waals surface area (Å²) in [7, 11) is 1.72. The first kappa shape index (κ1) is 23.3. The Kier molecular flexibility index (Phi) is 7.65. The lowest BCUT2D eigenvalue weighted by Gasteiger charge is -2.32. The van der Waals surface area contributed by atoms with Crippen LogP contribution in [0.15, 0.2) is 65.6 Å². The number of benzene rings is 3. The Hall–Kier alpha value is -2.87. The van der Waals surface area contributed by atoms with Crippen molar-refractivity contribution < 1.29 is 9.47 Å². The first-order valence-electron chi connectivity index (χ1n) is 11.2. The van der Waals surface area contributed by atoms with E-state index in [4.69, 9.17) is 15.2 Å². The predicted molar refractivity (Wildman–Crippen MR) is 139 cm³/mol. The summed E-state index contributed by atoms with van der Waals surface area (Å²) in [5.41, 5.74) is 12.2. The second-order valence-corrected chi connectivity index (χ2v) is 8.75. The van der Waals surface area contributed by atoms with Crippen LogP contribution in [0.1, 0.15) is 24.3 Å². The van der Waals surface area contributed by atoms with E-state index in [1.165, 1.54) is 10.5 Å². The molecule has 1 atom stereocenters. The molecule has 1 aliphatic rings. The molecular weight excluding hydrogens is 432 g/mol. The van der Waals surface area contributed by atoms with Crippen molar-refractivity contribution in [1.29, 1.82) is 0 Å². The van der Waals surface area contributed by atoms with Gasteiger partial charge in [-0.25, -0.2) is 0 Å². The molecule has 174 valence electrons. The Morgan fingerprint density at radius 1 is 1.12 bits per heavy atom. The van der Waals surface area contributed by atoms with Crippen LogP contribution < -0.4 is 26.0 Å². The van der Waals surface area contributed by atoms with E-state index in [-0.39, 0.29) is 6.23 Å². The third-order valence-electron chi connectivity index (χ3n) is 5.75. The molecule has 0 saturated carbocycles. The lowest BCUT2D eigenvalue weighted by Crippen LogP contribution is -2.29. The average Bonchev–Trinajstić information content (AvgIpc) is 2.86. The first-order chi connectivity index (χ1) is 16.1. The molecule has 0 bridgehead atoms. The van der Waals surface area contributed by atoms with Crippen LogP contribution in [-0.2, 0) is 11.3 Å². The smallest absolute Gasteiger partial charge is 0.143 e. The number of nitrogens with two attached hydrogens (primary N) is 1. The topological polar surface area (TPSA) is 71.8 Å². The largest absolute Gasteiger partial charge is 0.490 e. The quantitative estimate of drug-likeness (QED) is 0.223. The molecule has 33 heavy (non-hydrogen) atoms. The minimum atomic E-state index is -0.230. The molecule has 4 N–H and O–H groups in total. The second-order valence-electron chi connectivity index (χ2n) is 7.87. The zero-order valence-electron chi connectivity index (χ0n) is 19.4. The normalized spacial score (nSPS) is 13.8. The lowest BCUT2D eigenvalue weighted by molar-refractivity contribution is 0.0718. The van der Waals surface area contributed by atoms with Crippen LogP contribution in [0.25, 0.3) is 0 Å². The van der Waals surface area contributed by atoms with Crippen molar-refractivity contribution in [3.05, 3.63) is 71.8 Å². The Labute approximate surface area is 200 Å². The molecule has 1 unspecified atom stereocenters. The molecule has 0 amide bonds. The van der Waals surface area contributed by atoms with Crippen molar-refractivity contribution in [2.75, 3.05) is 49.0 Å². The molecule has 1 aliphatic heterocycles. The van der Waals surface area contributed by atoms with Gasteiger partial charge < -0.3 is 25.4 Å². The van der Waals surface area contributed by atoms with Gasteiger partial charge in [0, 0.05) is 30.8 Å². The number of hydrogen-bond acceptors (Lipinski definition) is 7.